The van der Waals surface area contributed by atoms with E-state index in [1.165, 1.54) is 36.2 Å². The van der Waals surface area contributed by atoms with Gasteiger partial charge >= 0.3 is 0 Å². The third-order valence-corrected chi connectivity index (χ3v) is 5.51. The van der Waals surface area contributed by atoms with Crippen molar-refractivity contribution in [2.75, 3.05) is 13.1 Å². The van der Waals surface area contributed by atoms with Crippen molar-refractivity contribution in [1.29, 1.82) is 0 Å². The minimum Gasteiger partial charge on any atom is -0.350 e. The Kier molecular flexibility index (Phi) is 5.08. The van der Waals surface area contributed by atoms with Gasteiger partial charge in [-0.25, -0.2) is 4.98 Å². The lowest BCUT2D eigenvalue weighted by atomic mass is 9.65. The van der Waals surface area contributed by atoms with E-state index in [1.807, 2.05) is 11.4 Å². The number of aromatic nitrogens is 1. The van der Waals surface area contributed by atoms with Gasteiger partial charge in [-0.1, -0.05) is 36.8 Å². The lowest BCUT2D eigenvalue weighted by Crippen LogP contribution is -2.43. The summed E-state index contributed by atoms with van der Waals surface area (Å²) in [6.45, 7) is 1.29. The maximum absolute atomic E-state index is 12.3. The molecule has 3 rings (SSSR count). The van der Waals surface area contributed by atoms with Crippen molar-refractivity contribution >= 4 is 17.2 Å². The molecule has 1 aliphatic carbocycles. The van der Waals surface area contributed by atoms with Crippen molar-refractivity contribution in [2.24, 2.45) is 11.1 Å². The van der Waals surface area contributed by atoms with Gasteiger partial charge in [0.25, 0.3) is 5.91 Å². The largest absolute Gasteiger partial charge is 0.350 e. The highest BCUT2D eigenvalue weighted by Gasteiger charge is 2.37. The predicted octanol–water partition coefficient (Wildman–Crippen LogP) is 2.79. The molecule has 2 aromatic rings. The quantitative estimate of drug-likeness (QED) is 0.821. The zero-order chi connectivity index (χ0) is 16.1. The minimum absolute atomic E-state index is 0.0659. The highest BCUT2D eigenvalue weighted by Crippen LogP contribution is 2.43. The van der Waals surface area contributed by atoms with Gasteiger partial charge in [-0.15, -0.1) is 11.3 Å². The molecule has 3 N–H and O–H groups in total. The summed E-state index contributed by atoms with van der Waals surface area (Å²) in [5.74, 6) is -0.0659. The van der Waals surface area contributed by atoms with Gasteiger partial charge in [-0.2, -0.15) is 0 Å². The normalized spacial score (nSPS) is 15.9. The second kappa shape index (κ2) is 7.23. The molecule has 0 aliphatic heterocycles. The van der Waals surface area contributed by atoms with Crippen LogP contribution in [-0.4, -0.2) is 24.0 Å². The average molecular weight is 329 g/mol. The summed E-state index contributed by atoms with van der Waals surface area (Å²) in [6, 6.07) is 10.5. The lowest BCUT2D eigenvalue weighted by molar-refractivity contribution is 0.0855. The Hall–Kier alpha value is -1.72. The molecule has 0 saturated heterocycles. The number of carbonyl (C=O) groups is 1. The molecule has 1 aromatic carbocycles. The fraction of sp³-hybridized carbons (Fsp3) is 0.444. The van der Waals surface area contributed by atoms with Crippen molar-refractivity contribution in [2.45, 2.75) is 32.1 Å². The monoisotopic (exact) mass is 329 g/mol. The number of carbonyl (C=O) groups excluding carboxylic acids is 1. The van der Waals surface area contributed by atoms with Crippen molar-refractivity contribution in [3.63, 3.8) is 0 Å². The molecule has 1 saturated carbocycles. The third-order valence-electron chi connectivity index (χ3n) is 4.60. The molecule has 1 aliphatic rings. The molecule has 4 nitrogen and oxygen atoms in total. The van der Waals surface area contributed by atoms with Crippen LogP contribution in [-0.2, 0) is 12.8 Å². The Labute approximate surface area is 141 Å². The van der Waals surface area contributed by atoms with Crippen LogP contribution < -0.4 is 11.1 Å². The lowest BCUT2D eigenvalue weighted by Gasteiger charge is -2.42. The van der Waals surface area contributed by atoms with E-state index in [-0.39, 0.29) is 11.3 Å². The number of benzene rings is 1. The molecule has 5 heteroatoms. The summed E-state index contributed by atoms with van der Waals surface area (Å²) in [6.07, 6.45) is 5.37. The molecular weight excluding hydrogens is 306 g/mol. The van der Waals surface area contributed by atoms with Crippen molar-refractivity contribution in [3.05, 3.63) is 52.0 Å². The van der Waals surface area contributed by atoms with Gasteiger partial charge in [0.05, 0.1) is 5.01 Å². The van der Waals surface area contributed by atoms with Crippen LogP contribution >= 0.6 is 11.3 Å². The highest BCUT2D eigenvalue weighted by molar-refractivity contribution is 7.09. The van der Waals surface area contributed by atoms with E-state index < -0.39 is 0 Å². The van der Waals surface area contributed by atoms with Gasteiger partial charge < -0.3 is 11.1 Å². The van der Waals surface area contributed by atoms with Crippen LogP contribution in [0.4, 0.5) is 0 Å². The first-order valence-corrected chi connectivity index (χ1v) is 9.05. The first-order chi connectivity index (χ1) is 11.2. The Balaban J connectivity index is 1.58. The Morgan fingerprint density at radius 3 is 2.74 bits per heavy atom. The van der Waals surface area contributed by atoms with Gasteiger partial charge in [0, 0.05) is 18.3 Å². The molecule has 1 heterocycles. The zero-order valence-corrected chi connectivity index (χ0v) is 14.1. The standard InChI is InChI=1S/C18H23N3OS/c19-10-7-16-21-15(12-23-16)17(22)20-13-18(8-4-9-18)11-14-5-2-1-3-6-14/h1-3,5-6,12H,4,7-11,13,19H2,(H,20,22). The molecule has 1 amide bonds. The molecule has 0 atom stereocenters. The number of hydrogen-bond donors (Lipinski definition) is 2. The molecule has 0 unspecified atom stereocenters. The Morgan fingerprint density at radius 2 is 2.09 bits per heavy atom. The summed E-state index contributed by atoms with van der Waals surface area (Å²) in [5, 5.41) is 5.85. The van der Waals surface area contributed by atoms with E-state index in [0.29, 0.717) is 12.2 Å². The smallest absolute Gasteiger partial charge is 0.270 e. The highest BCUT2D eigenvalue weighted by atomic mass is 32.1. The molecule has 0 radical (unpaired) electrons. The van der Waals surface area contributed by atoms with E-state index in [1.54, 1.807) is 0 Å². The van der Waals surface area contributed by atoms with E-state index in [0.717, 1.165) is 24.4 Å². The van der Waals surface area contributed by atoms with Crippen LogP contribution in [0.1, 0.15) is 40.3 Å². The number of amides is 1. The molecule has 0 spiro atoms. The number of hydrogen-bond acceptors (Lipinski definition) is 4. The van der Waals surface area contributed by atoms with Gasteiger partial charge in [-0.3, -0.25) is 4.79 Å². The first kappa shape index (κ1) is 16.1. The van der Waals surface area contributed by atoms with Crippen LogP contribution in [0.15, 0.2) is 35.7 Å². The maximum atomic E-state index is 12.3. The van der Waals surface area contributed by atoms with E-state index in [4.69, 9.17) is 5.73 Å². The second-order valence-electron chi connectivity index (χ2n) is 6.36. The van der Waals surface area contributed by atoms with Crippen LogP contribution in [0, 0.1) is 5.41 Å². The fourth-order valence-electron chi connectivity index (χ4n) is 3.13. The number of nitrogens with one attached hydrogen (secondary N) is 1. The number of thiazole rings is 1. The summed E-state index contributed by atoms with van der Waals surface area (Å²) in [7, 11) is 0. The van der Waals surface area contributed by atoms with Gasteiger partial charge in [0.15, 0.2) is 0 Å². The number of rotatable bonds is 7. The molecule has 23 heavy (non-hydrogen) atoms. The molecule has 1 fully saturated rings. The number of nitrogens with zero attached hydrogens (tertiary/aromatic N) is 1. The van der Waals surface area contributed by atoms with Gasteiger partial charge in [0.1, 0.15) is 5.69 Å². The Morgan fingerprint density at radius 1 is 1.30 bits per heavy atom. The minimum atomic E-state index is -0.0659. The first-order valence-electron chi connectivity index (χ1n) is 8.17. The number of nitrogens with two attached hydrogens (primary N) is 1. The van der Waals surface area contributed by atoms with Gasteiger partial charge in [0.2, 0.25) is 0 Å². The van der Waals surface area contributed by atoms with Crippen molar-refractivity contribution in [1.82, 2.24) is 10.3 Å². The molecule has 122 valence electrons. The maximum Gasteiger partial charge on any atom is 0.270 e. The SMILES string of the molecule is NCCc1nc(C(=O)NCC2(Cc3ccccc3)CCC2)cs1. The van der Waals surface area contributed by atoms with Gasteiger partial charge in [-0.05, 0) is 36.8 Å². The van der Waals surface area contributed by atoms with Crippen molar-refractivity contribution < 1.29 is 4.79 Å². The summed E-state index contributed by atoms with van der Waals surface area (Å²) in [5.41, 5.74) is 7.61. The van der Waals surface area contributed by atoms with Crippen LogP contribution in [0.3, 0.4) is 0 Å². The van der Waals surface area contributed by atoms with Crippen LogP contribution in [0.5, 0.6) is 0 Å². The third kappa shape index (κ3) is 3.98. The van der Waals surface area contributed by atoms with Crippen LogP contribution in [0.25, 0.3) is 0 Å². The average Bonchev–Trinajstić information content (AvgIpc) is 3.00. The summed E-state index contributed by atoms with van der Waals surface area (Å²) >= 11 is 1.51. The molecule has 1 aromatic heterocycles. The second-order valence-corrected chi connectivity index (χ2v) is 7.31. The van der Waals surface area contributed by atoms with Crippen LogP contribution in [0.2, 0.25) is 0 Å². The Bertz CT molecular complexity index is 649. The predicted molar refractivity (Wildman–Crippen MR) is 93.6 cm³/mol. The van der Waals surface area contributed by atoms with Crippen molar-refractivity contribution in [3.8, 4) is 0 Å². The summed E-state index contributed by atoms with van der Waals surface area (Å²) in [4.78, 5) is 16.7. The fourth-order valence-corrected chi connectivity index (χ4v) is 3.93. The topological polar surface area (TPSA) is 68.0 Å². The van der Waals surface area contributed by atoms with E-state index in [9.17, 15) is 4.79 Å². The van der Waals surface area contributed by atoms with E-state index >= 15 is 0 Å². The van der Waals surface area contributed by atoms with E-state index in [2.05, 4.69) is 34.6 Å². The molecular formula is C18H23N3OS. The summed E-state index contributed by atoms with van der Waals surface area (Å²) < 4.78 is 0. The molecule has 0 bridgehead atoms. The zero-order valence-electron chi connectivity index (χ0n) is 13.3.